The Labute approximate surface area is 264 Å². The molecule has 0 saturated heterocycles. The van der Waals surface area contributed by atoms with Gasteiger partial charge in [0, 0.05) is 5.69 Å². The van der Waals surface area contributed by atoms with Crippen LogP contribution in [0.2, 0.25) is 0 Å². The predicted octanol–water partition coefficient (Wildman–Crippen LogP) is 10.9. The van der Waals surface area contributed by atoms with Crippen LogP contribution in [-0.4, -0.2) is 4.98 Å². The molecule has 0 fully saturated rings. The standard InChI is InChI=1S/C41H33N3O/c1-41(2)25-32(34(26-42)40-43-36-11-5-8-14-39(36)45-40)24-31-23-30(19-22-35(31)41)27-17-20-33(21-18-27)44-37-12-6-3-9-28(37)15-16-29-10-4-7-13-38(29)44/h3-18,20-21,23-24,35H,19,22,25H2,1-2H3/b34-32-. The lowest BCUT2D eigenvalue weighted by Crippen LogP contribution is -2.31. The molecule has 0 radical (unpaired) electrons. The first-order chi connectivity index (χ1) is 22.0. The summed E-state index contributed by atoms with van der Waals surface area (Å²) in [6, 6.07) is 36.3. The molecule has 5 aromatic rings. The van der Waals surface area contributed by atoms with Gasteiger partial charge in [-0.2, -0.15) is 5.26 Å². The number of benzene rings is 4. The zero-order valence-electron chi connectivity index (χ0n) is 25.5. The van der Waals surface area contributed by atoms with Crippen LogP contribution >= 0.6 is 0 Å². The summed E-state index contributed by atoms with van der Waals surface area (Å²) >= 11 is 0. The number of anilines is 3. The molecule has 45 heavy (non-hydrogen) atoms. The van der Waals surface area contributed by atoms with Crippen molar-refractivity contribution < 1.29 is 4.42 Å². The van der Waals surface area contributed by atoms with Gasteiger partial charge in [0.05, 0.1) is 11.4 Å². The number of nitriles is 1. The monoisotopic (exact) mass is 583 g/mol. The van der Waals surface area contributed by atoms with Crippen molar-refractivity contribution >= 4 is 51.5 Å². The summed E-state index contributed by atoms with van der Waals surface area (Å²) in [6.07, 6.45) is 11.9. The second-order valence-electron chi connectivity index (χ2n) is 12.9. The quantitative estimate of drug-likeness (QED) is 0.194. The van der Waals surface area contributed by atoms with Crippen molar-refractivity contribution in [1.29, 1.82) is 5.26 Å². The topological polar surface area (TPSA) is 53.1 Å². The highest BCUT2D eigenvalue weighted by atomic mass is 16.3. The van der Waals surface area contributed by atoms with Gasteiger partial charge in [-0.15, -0.1) is 0 Å². The van der Waals surface area contributed by atoms with Crippen LogP contribution in [0.25, 0.3) is 34.4 Å². The summed E-state index contributed by atoms with van der Waals surface area (Å²) < 4.78 is 6.04. The summed E-state index contributed by atoms with van der Waals surface area (Å²) in [5, 5.41) is 10.3. The molecular weight excluding hydrogens is 550 g/mol. The molecule has 0 N–H and O–H groups in total. The highest BCUT2D eigenvalue weighted by Gasteiger charge is 2.38. The van der Waals surface area contributed by atoms with E-state index in [1.54, 1.807) is 0 Å². The maximum atomic E-state index is 10.3. The first kappa shape index (κ1) is 27.2. The van der Waals surface area contributed by atoms with Gasteiger partial charge in [0.25, 0.3) is 0 Å². The Bertz CT molecular complexity index is 2050. The highest BCUT2D eigenvalue weighted by molar-refractivity contribution is 5.93. The van der Waals surface area contributed by atoms with Gasteiger partial charge in [0.15, 0.2) is 5.58 Å². The summed E-state index contributed by atoms with van der Waals surface area (Å²) in [5.74, 6) is 0.840. The van der Waals surface area contributed by atoms with Crippen LogP contribution in [0.15, 0.2) is 125 Å². The van der Waals surface area contributed by atoms with E-state index in [2.05, 4.69) is 127 Å². The molecule has 4 heteroatoms. The Kier molecular flexibility index (Phi) is 6.43. The van der Waals surface area contributed by atoms with Crippen LogP contribution in [0.1, 0.15) is 55.7 Å². The van der Waals surface area contributed by atoms with E-state index in [-0.39, 0.29) is 5.41 Å². The number of aromatic nitrogens is 1. The van der Waals surface area contributed by atoms with E-state index >= 15 is 0 Å². The minimum atomic E-state index is 0.0149. The van der Waals surface area contributed by atoms with E-state index in [9.17, 15) is 5.26 Å². The molecule has 4 aromatic carbocycles. The molecule has 2 heterocycles. The molecule has 0 spiro atoms. The largest absolute Gasteiger partial charge is 0.435 e. The number of hydrogen-bond donors (Lipinski definition) is 0. The van der Waals surface area contributed by atoms with Gasteiger partial charge < -0.3 is 9.32 Å². The van der Waals surface area contributed by atoms with Crippen LogP contribution in [0.4, 0.5) is 17.1 Å². The van der Waals surface area contributed by atoms with E-state index in [0.717, 1.165) is 36.0 Å². The Morgan fingerprint density at radius 3 is 2.20 bits per heavy atom. The fourth-order valence-corrected chi connectivity index (χ4v) is 7.39. The minimum Gasteiger partial charge on any atom is -0.435 e. The number of oxazole rings is 1. The van der Waals surface area contributed by atoms with Gasteiger partial charge in [-0.3, -0.25) is 0 Å². The molecule has 3 aliphatic rings. The van der Waals surface area contributed by atoms with Crippen molar-refractivity contribution in [3.05, 3.63) is 143 Å². The Balaban J connectivity index is 1.17. The second kappa shape index (κ2) is 10.6. The van der Waals surface area contributed by atoms with Gasteiger partial charge >= 0.3 is 0 Å². The summed E-state index contributed by atoms with van der Waals surface area (Å²) in [6.45, 7) is 4.65. The summed E-state index contributed by atoms with van der Waals surface area (Å²) in [5.41, 5.74) is 12.8. The van der Waals surface area contributed by atoms with Crippen LogP contribution < -0.4 is 4.90 Å². The second-order valence-corrected chi connectivity index (χ2v) is 12.9. The van der Waals surface area contributed by atoms with E-state index in [1.807, 2.05) is 24.3 Å². The van der Waals surface area contributed by atoms with E-state index in [1.165, 1.54) is 39.2 Å². The third-order valence-electron chi connectivity index (χ3n) is 9.61. The molecule has 1 unspecified atom stereocenters. The van der Waals surface area contributed by atoms with Crippen molar-refractivity contribution in [2.75, 3.05) is 4.90 Å². The van der Waals surface area contributed by atoms with Crippen LogP contribution in [0.5, 0.6) is 0 Å². The minimum absolute atomic E-state index is 0.0149. The van der Waals surface area contributed by atoms with Gasteiger partial charge in [-0.1, -0.05) is 98.8 Å². The molecule has 1 aliphatic heterocycles. The number of nitrogens with zero attached hydrogens (tertiary/aromatic N) is 3. The molecule has 0 bridgehead atoms. The Morgan fingerprint density at radius 1 is 0.844 bits per heavy atom. The number of para-hydroxylation sites is 4. The van der Waals surface area contributed by atoms with Crippen molar-refractivity contribution in [2.45, 2.75) is 33.1 Å². The van der Waals surface area contributed by atoms with Crippen molar-refractivity contribution in [1.82, 2.24) is 4.98 Å². The first-order valence-corrected chi connectivity index (χ1v) is 15.7. The Morgan fingerprint density at radius 2 is 1.51 bits per heavy atom. The first-order valence-electron chi connectivity index (χ1n) is 15.7. The summed E-state index contributed by atoms with van der Waals surface area (Å²) in [7, 11) is 0. The lowest BCUT2D eigenvalue weighted by atomic mass is 9.62. The van der Waals surface area contributed by atoms with Crippen molar-refractivity contribution in [3.8, 4) is 6.07 Å². The van der Waals surface area contributed by atoms with E-state index < -0.39 is 0 Å². The van der Waals surface area contributed by atoms with Gasteiger partial charge in [-0.25, -0.2) is 4.98 Å². The lowest BCUT2D eigenvalue weighted by Gasteiger charge is -2.42. The van der Waals surface area contributed by atoms with Crippen LogP contribution in [-0.2, 0) is 0 Å². The van der Waals surface area contributed by atoms with Gasteiger partial charge in [0.1, 0.15) is 17.2 Å². The smallest absolute Gasteiger partial charge is 0.238 e. The van der Waals surface area contributed by atoms with Crippen LogP contribution in [0.3, 0.4) is 0 Å². The zero-order chi connectivity index (χ0) is 30.5. The average molecular weight is 584 g/mol. The maximum absolute atomic E-state index is 10.3. The highest BCUT2D eigenvalue weighted by Crippen LogP contribution is 2.51. The van der Waals surface area contributed by atoms with Crippen molar-refractivity contribution in [2.24, 2.45) is 11.3 Å². The SMILES string of the molecule is CC1(C)C/C(=C(/C#N)c2nc3ccccc3o2)C=C2C=C(c3ccc(N4c5ccccc5C=Cc5ccccc54)cc3)CCC21. The molecule has 218 valence electrons. The molecule has 8 rings (SSSR count). The van der Waals surface area contributed by atoms with E-state index in [0.29, 0.717) is 23.0 Å². The number of allylic oxidation sites excluding steroid dienone is 6. The fourth-order valence-electron chi connectivity index (χ4n) is 7.39. The average Bonchev–Trinajstić information content (AvgIpc) is 3.41. The normalized spacial score (nSPS) is 19.4. The summed E-state index contributed by atoms with van der Waals surface area (Å²) in [4.78, 5) is 7.01. The fraction of sp³-hybridized carbons (Fsp3) is 0.171. The maximum Gasteiger partial charge on any atom is 0.238 e. The molecule has 4 nitrogen and oxygen atoms in total. The molecule has 0 saturated carbocycles. The predicted molar refractivity (Wildman–Crippen MR) is 184 cm³/mol. The third kappa shape index (κ3) is 4.73. The number of fused-ring (bicyclic) bond motifs is 4. The van der Waals surface area contributed by atoms with Gasteiger partial charge in [0.2, 0.25) is 5.89 Å². The van der Waals surface area contributed by atoms with Gasteiger partial charge in [-0.05, 0) is 100 Å². The number of rotatable bonds is 3. The van der Waals surface area contributed by atoms with Crippen LogP contribution in [0, 0.1) is 22.7 Å². The molecule has 0 amide bonds. The zero-order valence-corrected chi connectivity index (χ0v) is 25.5. The molecule has 1 atom stereocenters. The third-order valence-corrected chi connectivity index (χ3v) is 9.61. The molecule has 1 aromatic heterocycles. The molecule has 2 aliphatic carbocycles. The van der Waals surface area contributed by atoms with E-state index in [4.69, 9.17) is 4.42 Å². The van der Waals surface area contributed by atoms with Crippen molar-refractivity contribution in [3.63, 3.8) is 0 Å². The lowest BCUT2D eigenvalue weighted by molar-refractivity contribution is 0.228. The number of hydrogen-bond acceptors (Lipinski definition) is 4. The Hall–Kier alpha value is -5.40. The molecular formula is C41H33N3O.